The fraction of sp³-hybridized carbons (Fsp3) is 0.333. The van der Waals surface area contributed by atoms with Gasteiger partial charge in [-0.1, -0.05) is 22.0 Å². The zero-order valence-corrected chi connectivity index (χ0v) is 14.7. The van der Waals surface area contributed by atoms with Crippen molar-refractivity contribution in [2.24, 2.45) is 0 Å². The van der Waals surface area contributed by atoms with E-state index in [4.69, 9.17) is 14.2 Å². The largest absolute Gasteiger partial charge is 0.508 e. The number of ether oxygens (including phenoxy) is 3. The number of aromatic hydroxyl groups is 1. The molecule has 0 aliphatic carbocycles. The molecule has 1 saturated heterocycles. The molecule has 1 N–H and O–H groups in total. The minimum absolute atomic E-state index is 0.0686. The maximum absolute atomic E-state index is 10.5. The molecule has 6 heteroatoms. The van der Waals surface area contributed by atoms with Gasteiger partial charge in [-0.05, 0) is 35.9 Å². The summed E-state index contributed by atoms with van der Waals surface area (Å²) in [6.07, 6.45) is 0. The van der Waals surface area contributed by atoms with E-state index in [0.717, 1.165) is 40.2 Å². The standard InChI is InChI=1S/C18H18BrNO4/c19-13-2-3-15(21)14(10-13)18(20-5-7-22-8-6-20)12-1-4-16-17(9-12)24-11-23-16/h1-4,9-10,18,21H,5-8,11H2. The molecule has 1 unspecified atom stereocenters. The minimum Gasteiger partial charge on any atom is -0.508 e. The van der Waals surface area contributed by atoms with Gasteiger partial charge in [0.05, 0.1) is 19.3 Å². The molecule has 1 fully saturated rings. The second kappa shape index (κ2) is 6.63. The lowest BCUT2D eigenvalue weighted by Gasteiger charge is -2.35. The van der Waals surface area contributed by atoms with Gasteiger partial charge in [-0.25, -0.2) is 0 Å². The van der Waals surface area contributed by atoms with Gasteiger partial charge < -0.3 is 19.3 Å². The highest BCUT2D eigenvalue weighted by molar-refractivity contribution is 9.10. The normalized spacial score (nSPS) is 18.5. The predicted molar refractivity (Wildman–Crippen MR) is 92.6 cm³/mol. The van der Waals surface area contributed by atoms with Crippen molar-refractivity contribution in [3.8, 4) is 17.2 Å². The Kier molecular flexibility index (Phi) is 4.35. The third-order valence-corrected chi connectivity index (χ3v) is 4.90. The average molecular weight is 392 g/mol. The van der Waals surface area contributed by atoms with Gasteiger partial charge >= 0.3 is 0 Å². The van der Waals surface area contributed by atoms with Crippen LogP contribution in [0.25, 0.3) is 0 Å². The topological polar surface area (TPSA) is 51.2 Å². The zero-order chi connectivity index (χ0) is 16.5. The molecule has 2 aliphatic rings. The molecule has 24 heavy (non-hydrogen) atoms. The fourth-order valence-corrected chi connectivity index (χ4v) is 3.63. The number of morpholine rings is 1. The van der Waals surface area contributed by atoms with Crippen LogP contribution in [0.2, 0.25) is 0 Å². The Bertz CT molecular complexity index is 746. The van der Waals surface area contributed by atoms with Gasteiger partial charge in [-0.2, -0.15) is 0 Å². The van der Waals surface area contributed by atoms with Crippen molar-refractivity contribution in [1.29, 1.82) is 0 Å². The van der Waals surface area contributed by atoms with E-state index >= 15 is 0 Å². The first kappa shape index (κ1) is 15.7. The van der Waals surface area contributed by atoms with Crippen molar-refractivity contribution in [3.05, 3.63) is 52.0 Å². The van der Waals surface area contributed by atoms with E-state index in [2.05, 4.69) is 20.8 Å². The summed E-state index contributed by atoms with van der Waals surface area (Å²) in [5.74, 6) is 1.80. The maximum atomic E-state index is 10.5. The van der Waals surface area contributed by atoms with Crippen LogP contribution in [-0.2, 0) is 4.74 Å². The molecule has 2 aromatic carbocycles. The highest BCUT2D eigenvalue weighted by atomic mass is 79.9. The lowest BCUT2D eigenvalue weighted by molar-refractivity contribution is 0.0235. The number of rotatable bonds is 3. The Hall–Kier alpha value is -1.76. The van der Waals surface area contributed by atoms with Crippen molar-refractivity contribution in [3.63, 3.8) is 0 Å². The quantitative estimate of drug-likeness (QED) is 0.869. The van der Waals surface area contributed by atoms with E-state index in [1.54, 1.807) is 6.07 Å². The first-order valence-corrected chi connectivity index (χ1v) is 8.71. The molecule has 4 rings (SSSR count). The van der Waals surface area contributed by atoms with Gasteiger partial charge in [0.15, 0.2) is 11.5 Å². The highest BCUT2D eigenvalue weighted by Crippen LogP contribution is 2.40. The van der Waals surface area contributed by atoms with Crippen molar-refractivity contribution in [1.82, 2.24) is 4.90 Å². The van der Waals surface area contributed by atoms with Gasteiger partial charge in [-0.15, -0.1) is 0 Å². The summed E-state index contributed by atoms with van der Waals surface area (Å²) < 4.78 is 17.4. The summed E-state index contributed by atoms with van der Waals surface area (Å²) >= 11 is 3.51. The van der Waals surface area contributed by atoms with Crippen LogP contribution in [0.1, 0.15) is 17.2 Å². The summed E-state index contributed by atoms with van der Waals surface area (Å²) in [6, 6.07) is 11.4. The number of halogens is 1. The molecule has 0 bridgehead atoms. The van der Waals surface area contributed by atoms with Gasteiger partial charge in [0.25, 0.3) is 0 Å². The number of hydrogen-bond acceptors (Lipinski definition) is 5. The van der Waals surface area contributed by atoms with Crippen molar-refractivity contribution in [2.45, 2.75) is 6.04 Å². The predicted octanol–water partition coefficient (Wildman–Crippen LogP) is 3.31. The summed E-state index contributed by atoms with van der Waals surface area (Å²) in [5, 5.41) is 10.5. The van der Waals surface area contributed by atoms with E-state index < -0.39 is 0 Å². The molecule has 0 spiro atoms. The number of fused-ring (bicyclic) bond motifs is 1. The summed E-state index contributed by atoms with van der Waals surface area (Å²) in [6.45, 7) is 3.25. The molecule has 0 saturated carbocycles. The van der Waals surface area contributed by atoms with Gasteiger partial charge in [0.1, 0.15) is 5.75 Å². The SMILES string of the molecule is Oc1ccc(Br)cc1C(c1ccc2c(c1)OCO2)N1CCOCC1. The van der Waals surface area contributed by atoms with Gasteiger partial charge in [0.2, 0.25) is 6.79 Å². The molecule has 0 radical (unpaired) electrons. The lowest BCUT2D eigenvalue weighted by atomic mass is 9.95. The van der Waals surface area contributed by atoms with Gasteiger partial charge in [0, 0.05) is 23.1 Å². The van der Waals surface area contributed by atoms with E-state index in [1.165, 1.54) is 0 Å². The molecule has 2 aliphatic heterocycles. The van der Waals surface area contributed by atoms with Crippen LogP contribution in [0.5, 0.6) is 17.2 Å². The summed E-state index contributed by atoms with van der Waals surface area (Å²) in [7, 11) is 0. The van der Waals surface area contributed by atoms with Crippen LogP contribution in [0.15, 0.2) is 40.9 Å². The summed E-state index contributed by atoms with van der Waals surface area (Å²) in [5.41, 5.74) is 1.93. The zero-order valence-electron chi connectivity index (χ0n) is 13.1. The first-order valence-electron chi connectivity index (χ1n) is 7.92. The van der Waals surface area contributed by atoms with Crippen molar-refractivity contribution < 1.29 is 19.3 Å². The third-order valence-electron chi connectivity index (χ3n) is 4.41. The smallest absolute Gasteiger partial charge is 0.231 e. The van der Waals surface area contributed by atoms with Crippen LogP contribution in [0.4, 0.5) is 0 Å². The summed E-state index contributed by atoms with van der Waals surface area (Å²) in [4.78, 5) is 2.32. The first-order chi connectivity index (χ1) is 11.7. The second-order valence-electron chi connectivity index (χ2n) is 5.87. The fourth-order valence-electron chi connectivity index (χ4n) is 3.25. The molecule has 2 heterocycles. The monoisotopic (exact) mass is 391 g/mol. The van der Waals surface area contributed by atoms with E-state index in [9.17, 15) is 5.11 Å². The second-order valence-corrected chi connectivity index (χ2v) is 6.78. The maximum Gasteiger partial charge on any atom is 0.231 e. The Morgan fingerprint density at radius 2 is 1.79 bits per heavy atom. The van der Waals surface area contributed by atoms with Crippen LogP contribution in [-0.4, -0.2) is 43.1 Å². The molecular formula is C18H18BrNO4. The van der Waals surface area contributed by atoms with Crippen LogP contribution < -0.4 is 9.47 Å². The Morgan fingerprint density at radius 3 is 2.62 bits per heavy atom. The number of nitrogens with zero attached hydrogens (tertiary/aromatic N) is 1. The van der Waals surface area contributed by atoms with Crippen LogP contribution >= 0.6 is 15.9 Å². The molecule has 0 aromatic heterocycles. The number of benzene rings is 2. The van der Waals surface area contributed by atoms with E-state index in [1.807, 2.05) is 30.3 Å². The Morgan fingerprint density at radius 1 is 1.00 bits per heavy atom. The molecule has 5 nitrogen and oxygen atoms in total. The number of hydrogen-bond donors (Lipinski definition) is 1. The number of phenols is 1. The molecule has 126 valence electrons. The van der Waals surface area contributed by atoms with E-state index in [0.29, 0.717) is 13.2 Å². The van der Waals surface area contributed by atoms with Gasteiger partial charge in [-0.3, -0.25) is 4.90 Å². The minimum atomic E-state index is -0.0686. The van der Waals surface area contributed by atoms with Crippen LogP contribution in [0, 0.1) is 0 Å². The van der Waals surface area contributed by atoms with Crippen molar-refractivity contribution in [2.75, 3.05) is 33.1 Å². The molecule has 2 aromatic rings. The average Bonchev–Trinajstić information content (AvgIpc) is 3.07. The molecule has 0 amide bonds. The third kappa shape index (κ3) is 2.97. The Labute approximate surface area is 148 Å². The highest BCUT2D eigenvalue weighted by Gasteiger charge is 2.28. The Balaban J connectivity index is 1.79. The van der Waals surface area contributed by atoms with Crippen molar-refractivity contribution >= 4 is 15.9 Å². The number of phenolic OH excluding ortho intramolecular Hbond substituents is 1. The molecule has 1 atom stereocenters. The van der Waals surface area contributed by atoms with E-state index in [-0.39, 0.29) is 18.6 Å². The van der Waals surface area contributed by atoms with Crippen LogP contribution in [0.3, 0.4) is 0 Å². The molecular weight excluding hydrogens is 374 g/mol. The lowest BCUT2D eigenvalue weighted by Crippen LogP contribution is -2.39.